The van der Waals surface area contributed by atoms with Gasteiger partial charge in [-0.15, -0.1) is 0 Å². The highest BCUT2D eigenvalue weighted by molar-refractivity contribution is 9.12. The van der Waals surface area contributed by atoms with Gasteiger partial charge in [0, 0.05) is 5.33 Å². The molecule has 0 N–H and O–H groups in total. The lowest BCUT2D eigenvalue weighted by atomic mass is 10.2. The van der Waals surface area contributed by atoms with Gasteiger partial charge in [-0.2, -0.15) is 13.2 Å². The van der Waals surface area contributed by atoms with Gasteiger partial charge in [0.15, 0.2) is 0 Å². The van der Waals surface area contributed by atoms with Crippen LogP contribution in [0.25, 0.3) is 0 Å². The SMILES string of the molecule is O=C(Oc1ccc(C(F)(F)F)cc1)C(Br)CBr. The first kappa shape index (κ1) is 14.5. The van der Waals surface area contributed by atoms with E-state index < -0.39 is 22.5 Å². The van der Waals surface area contributed by atoms with E-state index in [1.54, 1.807) is 0 Å². The average Bonchev–Trinajstić information content (AvgIpc) is 2.27. The summed E-state index contributed by atoms with van der Waals surface area (Å²) < 4.78 is 41.6. The minimum atomic E-state index is -4.39. The fraction of sp³-hybridized carbons (Fsp3) is 0.300. The molecule has 0 saturated carbocycles. The first-order valence-electron chi connectivity index (χ1n) is 4.43. The summed E-state index contributed by atoms with van der Waals surface area (Å²) in [5, 5.41) is 0.354. The third kappa shape index (κ3) is 4.31. The number of benzene rings is 1. The van der Waals surface area contributed by atoms with Gasteiger partial charge in [-0.3, -0.25) is 4.79 Å². The monoisotopic (exact) mass is 374 g/mol. The molecular formula is C10H7Br2F3O2. The van der Waals surface area contributed by atoms with Crippen LogP contribution in [0.4, 0.5) is 13.2 Å². The van der Waals surface area contributed by atoms with Crippen molar-refractivity contribution in [1.29, 1.82) is 0 Å². The zero-order chi connectivity index (χ0) is 13.1. The first-order chi connectivity index (χ1) is 7.84. The Morgan fingerprint density at radius 1 is 1.29 bits per heavy atom. The molecule has 0 aliphatic rings. The molecule has 0 aliphatic heterocycles. The lowest BCUT2D eigenvalue weighted by Crippen LogP contribution is -2.21. The van der Waals surface area contributed by atoms with Gasteiger partial charge < -0.3 is 4.74 Å². The van der Waals surface area contributed by atoms with Gasteiger partial charge in [-0.05, 0) is 24.3 Å². The quantitative estimate of drug-likeness (QED) is 0.456. The average molecular weight is 376 g/mol. The fourth-order valence-corrected chi connectivity index (χ4v) is 1.31. The molecule has 0 aliphatic carbocycles. The van der Waals surface area contributed by atoms with E-state index in [0.29, 0.717) is 5.33 Å². The molecule has 0 spiro atoms. The van der Waals surface area contributed by atoms with Crippen LogP contribution in [0.5, 0.6) is 5.75 Å². The Labute approximate surface area is 112 Å². The molecular weight excluding hydrogens is 369 g/mol. The van der Waals surface area contributed by atoms with Gasteiger partial charge in [-0.1, -0.05) is 31.9 Å². The molecule has 0 bridgehead atoms. The lowest BCUT2D eigenvalue weighted by Gasteiger charge is -2.09. The molecule has 17 heavy (non-hydrogen) atoms. The maximum Gasteiger partial charge on any atom is 0.416 e. The van der Waals surface area contributed by atoms with Crippen molar-refractivity contribution < 1.29 is 22.7 Å². The predicted molar refractivity (Wildman–Crippen MR) is 63.6 cm³/mol. The number of hydrogen-bond donors (Lipinski definition) is 0. The van der Waals surface area contributed by atoms with Crippen molar-refractivity contribution in [2.45, 2.75) is 11.0 Å². The Bertz CT molecular complexity index is 390. The summed E-state index contributed by atoms with van der Waals surface area (Å²) in [7, 11) is 0. The maximum absolute atomic E-state index is 12.2. The third-order valence-electron chi connectivity index (χ3n) is 1.79. The zero-order valence-electron chi connectivity index (χ0n) is 8.30. The molecule has 94 valence electrons. The standard InChI is InChI=1S/C10H7Br2F3O2/c11-5-8(12)9(16)17-7-3-1-6(2-4-7)10(13,14)15/h1-4,8H,5H2. The third-order valence-corrected chi connectivity index (χ3v) is 4.01. The number of halogens is 5. The topological polar surface area (TPSA) is 26.3 Å². The highest BCUT2D eigenvalue weighted by Gasteiger charge is 2.30. The van der Waals surface area contributed by atoms with E-state index in [1.165, 1.54) is 0 Å². The van der Waals surface area contributed by atoms with Crippen molar-refractivity contribution in [2.24, 2.45) is 0 Å². The molecule has 0 saturated heterocycles. The van der Waals surface area contributed by atoms with Crippen molar-refractivity contribution in [1.82, 2.24) is 0 Å². The summed E-state index contributed by atoms with van der Waals surface area (Å²) >= 11 is 6.11. The first-order valence-corrected chi connectivity index (χ1v) is 6.47. The van der Waals surface area contributed by atoms with Crippen LogP contribution in [0.15, 0.2) is 24.3 Å². The molecule has 1 atom stereocenters. The van der Waals surface area contributed by atoms with Crippen LogP contribution in [0.3, 0.4) is 0 Å². The van der Waals surface area contributed by atoms with Crippen LogP contribution >= 0.6 is 31.9 Å². The second-order valence-electron chi connectivity index (χ2n) is 3.07. The summed E-state index contributed by atoms with van der Waals surface area (Å²) in [6.45, 7) is 0. The van der Waals surface area contributed by atoms with Gasteiger partial charge in [0.1, 0.15) is 10.6 Å². The molecule has 1 unspecified atom stereocenters. The minimum Gasteiger partial charge on any atom is -0.426 e. The van der Waals surface area contributed by atoms with Crippen LogP contribution in [0, 0.1) is 0 Å². The highest BCUT2D eigenvalue weighted by Crippen LogP contribution is 2.30. The molecule has 1 aromatic rings. The normalized spacial score (nSPS) is 13.2. The van der Waals surface area contributed by atoms with E-state index in [0.717, 1.165) is 24.3 Å². The van der Waals surface area contributed by atoms with E-state index in [9.17, 15) is 18.0 Å². The number of ether oxygens (including phenoxy) is 1. The molecule has 1 aromatic carbocycles. The lowest BCUT2D eigenvalue weighted by molar-refractivity contribution is -0.137. The summed E-state index contributed by atoms with van der Waals surface area (Å²) in [6, 6.07) is 3.93. The van der Waals surface area contributed by atoms with E-state index in [1.807, 2.05) is 0 Å². The molecule has 0 fully saturated rings. The number of esters is 1. The van der Waals surface area contributed by atoms with Crippen LogP contribution in [0.2, 0.25) is 0 Å². The zero-order valence-corrected chi connectivity index (χ0v) is 11.5. The number of rotatable bonds is 3. The predicted octanol–water partition coefficient (Wildman–Crippen LogP) is 3.77. The number of alkyl halides is 5. The van der Waals surface area contributed by atoms with Crippen molar-refractivity contribution >= 4 is 37.8 Å². The fourth-order valence-electron chi connectivity index (χ4n) is 0.955. The van der Waals surface area contributed by atoms with Crippen LogP contribution in [-0.4, -0.2) is 16.1 Å². The van der Waals surface area contributed by atoms with E-state index >= 15 is 0 Å². The summed E-state index contributed by atoms with van der Waals surface area (Å²) in [5.74, 6) is -0.491. The Balaban J connectivity index is 2.73. The molecule has 2 nitrogen and oxygen atoms in total. The Morgan fingerprint density at radius 2 is 1.82 bits per heavy atom. The smallest absolute Gasteiger partial charge is 0.416 e. The van der Waals surface area contributed by atoms with E-state index in [2.05, 4.69) is 31.9 Å². The van der Waals surface area contributed by atoms with Crippen LogP contribution < -0.4 is 4.74 Å². The molecule has 0 aromatic heterocycles. The van der Waals surface area contributed by atoms with Crippen LogP contribution in [-0.2, 0) is 11.0 Å². The highest BCUT2D eigenvalue weighted by atomic mass is 79.9. The second kappa shape index (κ2) is 5.86. The number of carbonyl (C=O) groups excluding carboxylic acids is 1. The Morgan fingerprint density at radius 3 is 2.24 bits per heavy atom. The van der Waals surface area contributed by atoms with Gasteiger partial charge in [-0.25, -0.2) is 0 Å². The van der Waals surface area contributed by atoms with Gasteiger partial charge >= 0.3 is 12.1 Å². The van der Waals surface area contributed by atoms with Gasteiger partial charge in [0.25, 0.3) is 0 Å². The maximum atomic E-state index is 12.2. The van der Waals surface area contributed by atoms with E-state index in [-0.39, 0.29) is 5.75 Å². The summed E-state index contributed by atoms with van der Waals surface area (Å²) in [5.41, 5.74) is -0.784. The van der Waals surface area contributed by atoms with E-state index in [4.69, 9.17) is 4.74 Å². The molecule has 0 amide bonds. The summed E-state index contributed by atoms with van der Waals surface area (Å²) in [4.78, 5) is 10.8. The Kier molecular flexibility index (Phi) is 5.00. The number of carbonyl (C=O) groups is 1. The Hall–Kier alpha value is -0.560. The minimum absolute atomic E-state index is 0.0772. The molecule has 0 radical (unpaired) electrons. The van der Waals surface area contributed by atoms with Crippen molar-refractivity contribution in [3.05, 3.63) is 29.8 Å². The van der Waals surface area contributed by atoms with Crippen molar-refractivity contribution in [3.63, 3.8) is 0 Å². The number of hydrogen-bond acceptors (Lipinski definition) is 2. The van der Waals surface area contributed by atoms with Gasteiger partial charge in [0.05, 0.1) is 5.56 Å². The molecule has 1 rings (SSSR count). The van der Waals surface area contributed by atoms with Crippen molar-refractivity contribution in [2.75, 3.05) is 5.33 Å². The largest absolute Gasteiger partial charge is 0.426 e. The molecule has 7 heteroatoms. The second-order valence-corrected chi connectivity index (χ2v) is 4.82. The molecule has 0 heterocycles. The summed E-state index contributed by atoms with van der Waals surface area (Å²) in [6.07, 6.45) is -4.39. The van der Waals surface area contributed by atoms with Crippen molar-refractivity contribution in [3.8, 4) is 5.75 Å². The van der Waals surface area contributed by atoms with Crippen LogP contribution in [0.1, 0.15) is 5.56 Å². The van der Waals surface area contributed by atoms with Gasteiger partial charge in [0.2, 0.25) is 0 Å².